The highest BCUT2D eigenvalue weighted by atomic mass is 16.6. The fourth-order valence-corrected chi connectivity index (χ4v) is 1.74. The normalized spacial score (nSPS) is 19.5. The van der Waals surface area contributed by atoms with Crippen molar-refractivity contribution in [1.82, 2.24) is 0 Å². The van der Waals surface area contributed by atoms with Crippen molar-refractivity contribution in [3.05, 3.63) is 29.8 Å². The van der Waals surface area contributed by atoms with Crippen LogP contribution in [0, 0.1) is 0 Å². The Kier molecular flexibility index (Phi) is 3.99. The van der Waals surface area contributed by atoms with E-state index < -0.39 is 6.10 Å². The fourth-order valence-electron chi connectivity index (χ4n) is 1.74. The van der Waals surface area contributed by atoms with E-state index in [-0.39, 0.29) is 12.2 Å². The van der Waals surface area contributed by atoms with Gasteiger partial charge >= 0.3 is 0 Å². The van der Waals surface area contributed by atoms with Gasteiger partial charge in [0.1, 0.15) is 18.0 Å². The van der Waals surface area contributed by atoms with Crippen molar-refractivity contribution in [2.24, 2.45) is 0 Å². The Labute approximate surface area is 101 Å². The number of rotatable bonds is 5. The number of benzene rings is 1. The third kappa shape index (κ3) is 2.97. The van der Waals surface area contributed by atoms with E-state index in [1.807, 2.05) is 31.2 Å². The summed E-state index contributed by atoms with van der Waals surface area (Å²) >= 11 is 0. The predicted octanol–water partition coefficient (Wildman–Crippen LogP) is 1.53. The summed E-state index contributed by atoms with van der Waals surface area (Å²) in [6.07, 6.45) is -0.739. The first-order valence-corrected chi connectivity index (χ1v) is 5.76. The molecule has 0 radical (unpaired) electrons. The van der Waals surface area contributed by atoms with E-state index in [2.05, 4.69) is 0 Å². The van der Waals surface area contributed by atoms with Gasteiger partial charge < -0.3 is 19.3 Å². The molecule has 0 saturated carbocycles. The van der Waals surface area contributed by atoms with Crippen LogP contribution in [0.5, 0.6) is 5.75 Å². The minimum Gasteiger partial charge on any atom is -0.497 e. The maximum absolute atomic E-state index is 10.1. The van der Waals surface area contributed by atoms with Crippen molar-refractivity contribution >= 4 is 0 Å². The van der Waals surface area contributed by atoms with Gasteiger partial charge in [-0.3, -0.25) is 0 Å². The van der Waals surface area contributed by atoms with Crippen LogP contribution in [-0.4, -0.2) is 37.6 Å². The second kappa shape index (κ2) is 5.49. The van der Waals surface area contributed by atoms with Crippen LogP contribution in [0.4, 0.5) is 0 Å². The van der Waals surface area contributed by atoms with E-state index in [1.54, 1.807) is 7.11 Å². The third-order valence-electron chi connectivity index (χ3n) is 2.92. The monoisotopic (exact) mass is 238 g/mol. The molecule has 1 aromatic rings. The minimum absolute atomic E-state index is 0.123. The van der Waals surface area contributed by atoms with Crippen LogP contribution in [0.25, 0.3) is 0 Å². The minimum atomic E-state index is -0.624. The van der Waals surface area contributed by atoms with Gasteiger partial charge in [-0.25, -0.2) is 0 Å². The molecule has 1 N–H and O–H groups in total. The molecule has 4 nitrogen and oxygen atoms in total. The molecule has 1 aromatic carbocycles. The number of hydrogen-bond donors (Lipinski definition) is 1. The summed E-state index contributed by atoms with van der Waals surface area (Å²) in [6.45, 7) is 3.12. The summed E-state index contributed by atoms with van der Waals surface area (Å²) in [6, 6.07) is 7.36. The van der Waals surface area contributed by atoms with Gasteiger partial charge in [0.2, 0.25) is 0 Å². The lowest BCUT2D eigenvalue weighted by Gasteiger charge is -2.31. The Bertz CT molecular complexity index is 345. The number of aliphatic hydroxyl groups is 1. The topological polar surface area (TPSA) is 47.9 Å². The SMILES string of the molecule is COc1ccc(C(O)C(C)OC2COC2)cc1. The van der Waals surface area contributed by atoms with Crippen LogP contribution in [0.15, 0.2) is 24.3 Å². The highest BCUT2D eigenvalue weighted by molar-refractivity contribution is 5.28. The molecular formula is C13H18O4. The van der Waals surface area contributed by atoms with Crippen molar-refractivity contribution < 1.29 is 19.3 Å². The molecule has 0 aromatic heterocycles. The smallest absolute Gasteiger partial charge is 0.118 e. The molecule has 1 saturated heterocycles. The van der Waals surface area contributed by atoms with Crippen LogP contribution in [0.1, 0.15) is 18.6 Å². The van der Waals surface area contributed by atoms with Crippen molar-refractivity contribution in [1.29, 1.82) is 0 Å². The van der Waals surface area contributed by atoms with Crippen molar-refractivity contribution in [3.63, 3.8) is 0 Å². The van der Waals surface area contributed by atoms with E-state index in [0.29, 0.717) is 13.2 Å². The molecule has 1 aliphatic rings. The lowest BCUT2D eigenvalue weighted by atomic mass is 10.1. The van der Waals surface area contributed by atoms with Crippen LogP contribution in [0.3, 0.4) is 0 Å². The van der Waals surface area contributed by atoms with E-state index >= 15 is 0 Å². The van der Waals surface area contributed by atoms with Gasteiger partial charge in [-0.1, -0.05) is 12.1 Å². The molecule has 2 atom stereocenters. The molecule has 4 heteroatoms. The summed E-state index contributed by atoms with van der Waals surface area (Å²) in [5.74, 6) is 0.780. The number of ether oxygens (including phenoxy) is 3. The quantitative estimate of drug-likeness (QED) is 0.845. The van der Waals surface area contributed by atoms with Gasteiger partial charge in [0.25, 0.3) is 0 Å². The Morgan fingerprint density at radius 2 is 1.94 bits per heavy atom. The largest absolute Gasteiger partial charge is 0.497 e. The first-order chi connectivity index (χ1) is 8.20. The summed E-state index contributed by atoms with van der Waals surface area (Å²) in [7, 11) is 1.62. The molecule has 0 aliphatic carbocycles. The molecule has 0 amide bonds. The predicted molar refractivity (Wildman–Crippen MR) is 63.1 cm³/mol. The number of aliphatic hydroxyl groups excluding tert-OH is 1. The Hall–Kier alpha value is -1.10. The molecule has 17 heavy (non-hydrogen) atoms. The summed E-state index contributed by atoms with van der Waals surface area (Å²) in [5.41, 5.74) is 0.832. The third-order valence-corrected chi connectivity index (χ3v) is 2.92. The maximum Gasteiger partial charge on any atom is 0.118 e. The molecule has 1 fully saturated rings. The van der Waals surface area contributed by atoms with E-state index in [9.17, 15) is 5.11 Å². The number of hydrogen-bond acceptors (Lipinski definition) is 4. The van der Waals surface area contributed by atoms with Crippen LogP contribution < -0.4 is 4.74 Å². The van der Waals surface area contributed by atoms with Gasteiger partial charge in [0.05, 0.1) is 26.4 Å². The standard InChI is InChI=1S/C13H18O4/c1-9(17-12-7-16-8-12)13(14)10-3-5-11(15-2)6-4-10/h3-6,9,12-14H,7-8H2,1-2H3. The molecule has 94 valence electrons. The zero-order valence-electron chi connectivity index (χ0n) is 10.1. The Balaban J connectivity index is 1.94. The fraction of sp³-hybridized carbons (Fsp3) is 0.538. The van der Waals surface area contributed by atoms with E-state index in [1.165, 1.54) is 0 Å². The average Bonchev–Trinajstić information content (AvgIpc) is 2.32. The van der Waals surface area contributed by atoms with Crippen LogP contribution >= 0.6 is 0 Å². The van der Waals surface area contributed by atoms with E-state index in [0.717, 1.165) is 11.3 Å². The van der Waals surface area contributed by atoms with Gasteiger partial charge in [0.15, 0.2) is 0 Å². The first-order valence-electron chi connectivity index (χ1n) is 5.76. The van der Waals surface area contributed by atoms with E-state index in [4.69, 9.17) is 14.2 Å². The molecule has 0 spiro atoms. The highest BCUT2D eigenvalue weighted by Gasteiger charge is 2.25. The Morgan fingerprint density at radius 1 is 1.29 bits per heavy atom. The highest BCUT2D eigenvalue weighted by Crippen LogP contribution is 2.23. The van der Waals surface area contributed by atoms with Gasteiger partial charge in [-0.2, -0.15) is 0 Å². The lowest BCUT2D eigenvalue weighted by Crippen LogP contribution is -2.39. The summed E-state index contributed by atoms with van der Waals surface area (Å²) in [4.78, 5) is 0. The lowest BCUT2D eigenvalue weighted by molar-refractivity contribution is -0.171. The first kappa shape index (κ1) is 12.4. The zero-order valence-corrected chi connectivity index (χ0v) is 10.1. The maximum atomic E-state index is 10.1. The second-order valence-corrected chi connectivity index (χ2v) is 4.22. The molecular weight excluding hydrogens is 220 g/mol. The van der Waals surface area contributed by atoms with Crippen LogP contribution in [0.2, 0.25) is 0 Å². The zero-order chi connectivity index (χ0) is 12.3. The molecule has 1 aliphatic heterocycles. The van der Waals surface area contributed by atoms with Gasteiger partial charge in [0, 0.05) is 0 Å². The second-order valence-electron chi connectivity index (χ2n) is 4.22. The summed E-state index contributed by atoms with van der Waals surface area (Å²) in [5, 5.41) is 10.1. The van der Waals surface area contributed by atoms with Crippen molar-refractivity contribution in [2.75, 3.05) is 20.3 Å². The van der Waals surface area contributed by atoms with Gasteiger partial charge in [-0.15, -0.1) is 0 Å². The average molecular weight is 238 g/mol. The molecule has 2 rings (SSSR count). The van der Waals surface area contributed by atoms with Crippen LogP contribution in [-0.2, 0) is 9.47 Å². The molecule has 1 heterocycles. The number of methoxy groups -OCH3 is 1. The van der Waals surface area contributed by atoms with Gasteiger partial charge in [-0.05, 0) is 24.6 Å². The van der Waals surface area contributed by atoms with Crippen molar-refractivity contribution in [3.8, 4) is 5.75 Å². The molecule has 2 unspecified atom stereocenters. The summed E-state index contributed by atoms with van der Waals surface area (Å²) < 4.78 is 15.8. The Morgan fingerprint density at radius 3 is 2.41 bits per heavy atom. The molecule has 0 bridgehead atoms. The van der Waals surface area contributed by atoms with Crippen molar-refractivity contribution in [2.45, 2.75) is 25.2 Å².